The normalized spacial score (nSPS) is 15.5. The molecule has 1 aliphatic carbocycles. The van der Waals surface area contributed by atoms with Crippen molar-refractivity contribution < 1.29 is 14.1 Å². The third-order valence-corrected chi connectivity index (χ3v) is 8.28. The number of amides is 1. The minimum Gasteiger partial charge on any atom is -0.467 e. The van der Waals surface area contributed by atoms with Gasteiger partial charge in [0.1, 0.15) is 10.8 Å². The van der Waals surface area contributed by atoms with Gasteiger partial charge >= 0.3 is 0 Å². The topological polar surface area (TPSA) is 103 Å². The third-order valence-electron chi connectivity index (χ3n) is 7.11. The van der Waals surface area contributed by atoms with E-state index in [0.717, 1.165) is 30.5 Å². The van der Waals surface area contributed by atoms with Crippen LogP contribution >= 0.6 is 11.3 Å². The van der Waals surface area contributed by atoms with Crippen molar-refractivity contribution in [1.29, 1.82) is 0 Å². The molecule has 1 atom stereocenters. The fourth-order valence-corrected chi connectivity index (χ4v) is 6.19. The maximum Gasteiger partial charge on any atom is 0.271 e. The Morgan fingerprint density at radius 1 is 1.26 bits per heavy atom. The monoisotopic (exact) mass is 530 g/mol. The van der Waals surface area contributed by atoms with Gasteiger partial charge in [0.25, 0.3) is 11.6 Å². The molecular formula is C29H30N4O4S. The lowest BCUT2D eigenvalue weighted by molar-refractivity contribution is -0.384. The van der Waals surface area contributed by atoms with Crippen LogP contribution in [0.3, 0.4) is 0 Å². The summed E-state index contributed by atoms with van der Waals surface area (Å²) < 4.78 is 7.23. The molecule has 1 amide bonds. The first kappa shape index (κ1) is 25.7. The standard InChI is InChI=1S/C29H30N4O4S/c1-29(2,3)19-11-12-24-25(15-19)38-28(26(24)27(34)30-18-23-10-6-14-37-23)31-17-22-9-5-13-32(22)20-7-4-8-21(16-20)33(35)36/h4-10,13-14,16-17,19H,11-12,15,18H2,1-3H3,(H,30,34)/t19-/m1/s1. The number of benzene rings is 1. The number of fused-ring (bicyclic) bond motifs is 1. The van der Waals surface area contributed by atoms with Crippen molar-refractivity contribution in [1.82, 2.24) is 9.88 Å². The molecule has 1 N–H and O–H groups in total. The number of carbonyl (C=O) groups excluding carboxylic acids is 1. The highest BCUT2D eigenvalue weighted by Crippen LogP contribution is 2.45. The number of rotatable bonds is 7. The number of nitro benzene ring substituents is 1. The summed E-state index contributed by atoms with van der Waals surface area (Å²) in [6.07, 6.45) is 7.96. The predicted octanol–water partition coefficient (Wildman–Crippen LogP) is 6.87. The van der Waals surface area contributed by atoms with Crippen LogP contribution in [0, 0.1) is 21.4 Å². The molecule has 5 rings (SSSR count). The summed E-state index contributed by atoms with van der Waals surface area (Å²) >= 11 is 1.58. The van der Waals surface area contributed by atoms with E-state index in [1.807, 2.05) is 35.0 Å². The van der Waals surface area contributed by atoms with Crippen molar-refractivity contribution in [2.45, 2.75) is 46.6 Å². The van der Waals surface area contributed by atoms with Crippen LogP contribution in [-0.4, -0.2) is 21.6 Å². The second kappa shape index (κ2) is 10.4. The molecule has 0 saturated carbocycles. The maximum absolute atomic E-state index is 13.4. The second-order valence-electron chi connectivity index (χ2n) is 10.6. The van der Waals surface area contributed by atoms with E-state index in [2.05, 4.69) is 26.1 Å². The molecule has 0 fully saturated rings. The minimum atomic E-state index is -0.407. The van der Waals surface area contributed by atoms with Crippen LogP contribution in [0.25, 0.3) is 5.69 Å². The molecular weight excluding hydrogens is 500 g/mol. The fourth-order valence-electron chi connectivity index (χ4n) is 4.92. The Hall–Kier alpha value is -3.98. The van der Waals surface area contributed by atoms with E-state index in [0.29, 0.717) is 34.5 Å². The smallest absolute Gasteiger partial charge is 0.271 e. The van der Waals surface area contributed by atoms with Crippen molar-refractivity contribution in [3.8, 4) is 5.69 Å². The zero-order chi connectivity index (χ0) is 26.9. The third kappa shape index (κ3) is 5.33. The van der Waals surface area contributed by atoms with E-state index in [1.165, 1.54) is 17.0 Å². The molecule has 3 heterocycles. The highest BCUT2D eigenvalue weighted by atomic mass is 32.1. The highest BCUT2D eigenvalue weighted by Gasteiger charge is 2.33. The van der Waals surface area contributed by atoms with E-state index >= 15 is 0 Å². The molecule has 38 heavy (non-hydrogen) atoms. The Kier molecular flexibility index (Phi) is 7.03. The number of nitro groups is 1. The van der Waals surface area contributed by atoms with E-state index in [-0.39, 0.29) is 17.0 Å². The van der Waals surface area contributed by atoms with E-state index in [1.54, 1.807) is 35.9 Å². The van der Waals surface area contributed by atoms with E-state index in [9.17, 15) is 14.9 Å². The van der Waals surface area contributed by atoms with Crippen LogP contribution in [-0.2, 0) is 19.4 Å². The number of thiophene rings is 1. The molecule has 0 bridgehead atoms. The van der Waals surface area contributed by atoms with Crippen LogP contribution in [0.1, 0.15) is 59.4 Å². The van der Waals surface area contributed by atoms with Crippen molar-refractivity contribution in [2.24, 2.45) is 16.3 Å². The molecule has 8 nitrogen and oxygen atoms in total. The number of furan rings is 1. The Morgan fingerprint density at radius 3 is 2.84 bits per heavy atom. The molecule has 9 heteroatoms. The first-order valence-electron chi connectivity index (χ1n) is 12.6. The van der Waals surface area contributed by atoms with Crippen molar-refractivity contribution in [2.75, 3.05) is 0 Å². The predicted molar refractivity (Wildman–Crippen MR) is 149 cm³/mol. The van der Waals surface area contributed by atoms with Crippen LogP contribution in [0.15, 0.2) is 70.4 Å². The average molecular weight is 531 g/mol. The van der Waals surface area contributed by atoms with Gasteiger partial charge in [-0.15, -0.1) is 11.3 Å². The SMILES string of the molecule is CC(C)(C)[C@@H]1CCc2c(sc(N=Cc3cccn3-c3cccc([N+](=O)[O-])c3)c2C(=O)NCc2ccco2)C1. The lowest BCUT2D eigenvalue weighted by Crippen LogP contribution is -2.28. The molecule has 1 aromatic carbocycles. The Morgan fingerprint density at radius 2 is 2.11 bits per heavy atom. The molecule has 0 spiro atoms. The summed E-state index contributed by atoms with van der Waals surface area (Å²) in [6.45, 7) is 7.12. The number of non-ortho nitro benzene ring substituents is 1. The van der Waals surface area contributed by atoms with Gasteiger partial charge in [0.2, 0.25) is 0 Å². The summed E-state index contributed by atoms with van der Waals surface area (Å²) in [7, 11) is 0. The lowest BCUT2D eigenvalue weighted by Gasteiger charge is -2.33. The Bertz CT molecular complexity index is 1490. The minimum absolute atomic E-state index is 0.0222. The quantitative estimate of drug-likeness (QED) is 0.160. The lowest BCUT2D eigenvalue weighted by atomic mass is 9.72. The van der Waals surface area contributed by atoms with Crippen LogP contribution in [0.4, 0.5) is 10.7 Å². The van der Waals surface area contributed by atoms with Crippen molar-refractivity contribution in [3.63, 3.8) is 0 Å². The summed E-state index contributed by atoms with van der Waals surface area (Å²) in [5.74, 6) is 1.07. The molecule has 1 aliphatic rings. The number of nitrogens with zero attached hydrogens (tertiary/aromatic N) is 3. The van der Waals surface area contributed by atoms with Crippen LogP contribution in [0.2, 0.25) is 0 Å². The molecule has 3 aromatic heterocycles. The van der Waals surface area contributed by atoms with Gasteiger partial charge in [0, 0.05) is 23.2 Å². The van der Waals surface area contributed by atoms with Gasteiger partial charge in [-0.05, 0) is 66.5 Å². The van der Waals surface area contributed by atoms with Gasteiger partial charge in [-0.1, -0.05) is 26.8 Å². The highest BCUT2D eigenvalue weighted by molar-refractivity contribution is 7.16. The first-order chi connectivity index (χ1) is 18.2. The number of aliphatic imine (C=N–C) groups is 1. The molecule has 0 saturated heterocycles. The van der Waals surface area contributed by atoms with E-state index in [4.69, 9.17) is 9.41 Å². The maximum atomic E-state index is 13.4. The molecule has 0 radical (unpaired) electrons. The zero-order valence-electron chi connectivity index (χ0n) is 21.6. The Labute approximate surface area is 225 Å². The van der Waals surface area contributed by atoms with Crippen LogP contribution in [0.5, 0.6) is 0 Å². The van der Waals surface area contributed by atoms with Gasteiger partial charge < -0.3 is 14.3 Å². The molecule has 0 aliphatic heterocycles. The van der Waals surface area contributed by atoms with Crippen molar-refractivity contribution in [3.05, 3.63) is 98.6 Å². The van der Waals surface area contributed by atoms with Gasteiger partial charge in [0.05, 0.1) is 40.9 Å². The molecule has 4 aromatic rings. The van der Waals surface area contributed by atoms with Crippen LogP contribution < -0.4 is 5.32 Å². The summed E-state index contributed by atoms with van der Waals surface area (Å²) in [5.41, 5.74) is 3.36. The largest absolute Gasteiger partial charge is 0.467 e. The van der Waals surface area contributed by atoms with Gasteiger partial charge in [0.15, 0.2) is 0 Å². The Balaban J connectivity index is 1.48. The molecule has 0 unspecified atom stereocenters. The van der Waals surface area contributed by atoms with Crippen molar-refractivity contribution >= 4 is 34.1 Å². The second-order valence-corrected chi connectivity index (χ2v) is 11.7. The number of hydrogen-bond donors (Lipinski definition) is 1. The zero-order valence-corrected chi connectivity index (χ0v) is 22.5. The van der Waals surface area contributed by atoms with Gasteiger partial charge in [-0.25, -0.2) is 4.99 Å². The summed E-state index contributed by atoms with van der Waals surface area (Å²) in [6, 6.07) is 13.9. The number of hydrogen-bond acceptors (Lipinski definition) is 6. The van der Waals surface area contributed by atoms with E-state index < -0.39 is 4.92 Å². The average Bonchev–Trinajstić information content (AvgIpc) is 3.65. The molecule has 196 valence electrons. The van der Waals surface area contributed by atoms with Gasteiger partial charge in [-0.2, -0.15) is 0 Å². The number of nitrogens with one attached hydrogen (secondary N) is 1. The number of carbonyl (C=O) groups is 1. The summed E-state index contributed by atoms with van der Waals surface area (Å²) in [4.78, 5) is 30.3. The number of aromatic nitrogens is 1. The fraction of sp³-hybridized carbons (Fsp3) is 0.310. The summed E-state index contributed by atoms with van der Waals surface area (Å²) in [5, 5.41) is 14.9. The first-order valence-corrected chi connectivity index (χ1v) is 13.4. The van der Waals surface area contributed by atoms with Gasteiger partial charge in [-0.3, -0.25) is 14.9 Å².